The van der Waals surface area contributed by atoms with Crippen molar-refractivity contribution in [3.05, 3.63) is 35.1 Å². The molecule has 0 radical (unpaired) electrons. The number of hydrogen-bond donors (Lipinski definition) is 2. The van der Waals surface area contributed by atoms with Crippen LogP contribution in [0, 0.1) is 0 Å². The highest BCUT2D eigenvalue weighted by atomic mass is 35.5. The summed E-state index contributed by atoms with van der Waals surface area (Å²) in [6.45, 7) is 2.08. The first-order valence-electron chi connectivity index (χ1n) is 6.22. The predicted octanol–water partition coefficient (Wildman–Crippen LogP) is 2.59. The Hall–Kier alpha value is -1.39. The van der Waals surface area contributed by atoms with Crippen LogP contribution in [0.15, 0.2) is 24.3 Å². The Morgan fingerprint density at radius 2 is 2.28 bits per heavy atom. The fraction of sp³-hybridized carbons (Fsp3) is 0.385. The predicted molar refractivity (Wildman–Crippen MR) is 71.7 cm³/mol. The van der Waals surface area contributed by atoms with E-state index in [1.54, 1.807) is 0 Å². The molecule has 0 bridgehead atoms. The van der Waals surface area contributed by atoms with Crippen LogP contribution in [0.2, 0.25) is 5.02 Å². The highest BCUT2D eigenvalue weighted by molar-refractivity contribution is 6.30. The molecule has 2 N–H and O–H groups in total. The molecule has 1 fully saturated rings. The van der Waals surface area contributed by atoms with Crippen LogP contribution in [0.4, 0.5) is 0 Å². The van der Waals surface area contributed by atoms with Crippen molar-refractivity contribution in [1.29, 1.82) is 0 Å². The molecular weight excluding hydrogens is 248 g/mol. The molecule has 0 saturated carbocycles. The number of piperidine rings is 1. The molecule has 1 aromatic heterocycles. The summed E-state index contributed by atoms with van der Waals surface area (Å²) in [6, 6.07) is 7.62. The zero-order valence-corrected chi connectivity index (χ0v) is 10.7. The fourth-order valence-corrected chi connectivity index (χ4v) is 2.49. The molecule has 1 aliphatic rings. The number of nitrogens with zero attached hydrogens (tertiary/aromatic N) is 2. The van der Waals surface area contributed by atoms with Gasteiger partial charge in [-0.1, -0.05) is 23.7 Å². The van der Waals surface area contributed by atoms with E-state index < -0.39 is 0 Å². The molecule has 2 aromatic rings. The van der Waals surface area contributed by atoms with Gasteiger partial charge in [0.05, 0.1) is 0 Å². The summed E-state index contributed by atoms with van der Waals surface area (Å²) in [5.41, 5.74) is 0.953. The second-order valence-electron chi connectivity index (χ2n) is 4.60. The van der Waals surface area contributed by atoms with Crippen molar-refractivity contribution in [1.82, 2.24) is 20.5 Å². The van der Waals surface area contributed by atoms with Gasteiger partial charge in [0.25, 0.3) is 0 Å². The second kappa shape index (κ2) is 5.08. The number of aromatic amines is 1. The van der Waals surface area contributed by atoms with Crippen LogP contribution in [-0.2, 0) is 0 Å². The first-order chi connectivity index (χ1) is 8.83. The first kappa shape index (κ1) is 11.7. The van der Waals surface area contributed by atoms with E-state index in [1.807, 2.05) is 24.3 Å². The van der Waals surface area contributed by atoms with E-state index in [2.05, 4.69) is 20.5 Å². The van der Waals surface area contributed by atoms with Crippen LogP contribution in [0.3, 0.4) is 0 Å². The van der Waals surface area contributed by atoms with Gasteiger partial charge in [0.2, 0.25) is 0 Å². The van der Waals surface area contributed by atoms with Crippen molar-refractivity contribution in [2.24, 2.45) is 0 Å². The summed E-state index contributed by atoms with van der Waals surface area (Å²) in [6.07, 6.45) is 2.36. The molecule has 1 aliphatic heterocycles. The number of H-pyrrole nitrogens is 1. The number of aromatic nitrogens is 3. The Morgan fingerprint density at radius 1 is 1.33 bits per heavy atom. The summed E-state index contributed by atoms with van der Waals surface area (Å²) in [5.74, 6) is 2.13. The SMILES string of the molecule is Clc1cccc(-c2n[nH]c(C3CCCNC3)n2)c1. The normalized spacial score (nSPS) is 19.9. The summed E-state index contributed by atoms with van der Waals surface area (Å²) in [5, 5.41) is 11.4. The molecule has 18 heavy (non-hydrogen) atoms. The number of halogens is 1. The average molecular weight is 263 g/mol. The van der Waals surface area contributed by atoms with Gasteiger partial charge in [0.1, 0.15) is 5.82 Å². The van der Waals surface area contributed by atoms with Gasteiger partial charge in [-0.2, -0.15) is 5.10 Å². The summed E-state index contributed by atoms with van der Waals surface area (Å²) >= 11 is 5.97. The van der Waals surface area contributed by atoms with Crippen LogP contribution in [0.5, 0.6) is 0 Å². The smallest absolute Gasteiger partial charge is 0.181 e. The molecule has 1 atom stereocenters. The van der Waals surface area contributed by atoms with Gasteiger partial charge in [-0.15, -0.1) is 0 Å². The maximum absolute atomic E-state index is 5.97. The van der Waals surface area contributed by atoms with Crippen LogP contribution >= 0.6 is 11.6 Å². The molecule has 2 heterocycles. The molecule has 5 heteroatoms. The lowest BCUT2D eigenvalue weighted by molar-refractivity contribution is 0.447. The minimum absolute atomic E-state index is 0.444. The number of benzene rings is 1. The third-order valence-corrected chi connectivity index (χ3v) is 3.50. The molecule has 4 nitrogen and oxygen atoms in total. The zero-order chi connectivity index (χ0) is 12.4. The van der Waals surface area contributed by atoms with Crippen LogP contribution in [0.1, 0.15) is 24.6 Å². The van der Waals surface area contributed by atoms with E-state index >= 15 is 0 Å². The Kier molecular flexibility index (Phi) is 3.30. The topological polar surface area (TPSA) is 53.6 Å². The number of nitrogens with one attached hydrogen (secondary N) is 2. The van der Waals surface area contributed by atoms with E-state index in [0.717, 1.165) is 36.7 Å². The van der Waals surface area contributed by atoms with Gasteiger partial charge in [-0.3, -0.25) is 5.10 Å². The second-order valence-corrected chi connectivity index (χ2v) is 5.03. The molecule has 0 spiro atoms. The molecule has 0 aliphatic carbocycles. The Morgan fingerprint density at radius 3 is 3.06 bits per heavy atom. The highest BCUT2D eigenvalue weighted by Gasteiger charge is 2.19. The molecule has 1 saturated heterocycles. The van der Waals surface area contributed by atoms with Crippen molar-refractivity contribution in [3.63, 3.8) is 0 Å². The van der Waals surface area contributed by atoms with Crippen molar-refractivity contribution in [3.8, 4) is 11.4 Å². The third kappa shape index (κ3) is 2.40. The summed E-state index contributed by atoms with van der Waals surface area (Å²) in [4.78, 5) is 4.58. The zero-order valence-electron chi connectivity index (χ0n) is 9.99. The molecule has 94 valence electrons. The van der Waals surface area contributed by atoms with Gasteiger partial charge in [0, 0.05) is 23.0 Å². The molecule has 3 rings (SSSR count). The Balaban J connectivity index is 1.84. The van der Waals surface area contributed by atoms with Crippen molar-refractivity contribution >= 4 is 11.6 Å². The standard InChI is InChI=1S/C13H15ClN4/c14-11-5-1-3-9(7-11)12-16-13(18-17-12)10-4-2-6-15-8-10/h1,3,5,7,10,15H,2,4,6,8H2,(H,16,17,18). The highest BCUT2D eigenvalue weighted by Crippen LogP contribution is 2.23. The fourth-order valence-electron chi connectivity index (χ4n) is 2.30. The van der Waals surface area contributed by atoms with E-state index in [9.17, 15) is 0 Å². The quantitative estimate of drug-likeness (QED) is 0.875. The van der Waals surface area contributed by atoms with E-state index in [-0.39, 0.29) is 0 Å². The van der Waals surface area contributed by atoms with Gasteiger partial charge >= 0.3 is 0 Å². The van der Waals surface area contributed by atoms with Crippen molar-refractivity contribution in [2.45, 2.75) is 18.8 Å². The molecular formula is C13H15ClN4. The van der Waals surface area contributed by atoms with Gasteiger partial charge in [-0.05, 0) is 31.5 Å². The maximum Gasteiger partial charge on any atom is 0.181 e. The summed E-state index contributed by atoms with van der Waals surface area (Å²) < 4.78 is 0. The lowest BCUT2D eigenvalue weighted by atomic mass is 9.99. The first-order valence-corrected chi connectivity index (χ1v) is 6.60. The Labute approximate surface area is 111 Å². The van der Waals surface area contributed by atoms with Crippen LogP contribution in [0.25, 0.3) is 11.4 Å². The van der Waals surface area contributed by atoms with E-state index in [0.29, 0.717) is 10.9 Å². The molecule has 0 amide bonds. The number of hydrogen-bond acceptors (Lipinski definition) is 3. The van der Waals surface area contributed by atoms with Gasteiger partial charge < -0.3 is 5.32 Å². The van der Waals surface area contributed by atoms with Crippen LogP contribution in [-0.4, -0.2) is 28.3 Å². The van der Waals surface area contributed by atoms with Gasteiger partial charge in [0.15, 0.2) is 5.82 Å². The van der Waals surface area contributed by atoms with Crippen LogP contribution < -0.4 is 5.32 Å². The lowest BCUT2D eigenvalue weighted by Crippen LogP contribution is -2.28. The Bertz CT molecular complexity index is 531. The summed E-state index contributed by atoms with van der Waals surface area (Å²) in [7, 11) is 0. The monoisotopic (exact) mass is 262 g/mol. The van der Waals surface area contributed by atoms with E-state index in [1.165, 1.54) is 6.42 Å². The van der Waals surface area contributed by atoms with Crippen molar-refractivity contribution < 1.29 is 0 Å². The minimum atomic E-state index is 0.444. The minimum Gasteiger partial charge on any atom is -0.316 e. The molecule has 1 unspecified atom stereocenters. The average Bonchev–Trinajstić information content (AvgIpc) is 2.89. The van der Waals surface area contributed by atoms with E-state index in [4.69, 9.17) is 11.6 Å². The van der Waals surface area contributed by atoms with Gasteiger partial charge in [-0.25, -0.2) is 4.98 Å². The maximum atomic E-state index is 5.97. The lowest BCUT2D eigenvalue weighted by Gasteiger charge is -2.20. The van der Waals surface area contributed by atoms with Crippen molar-refractivity contribution in [2.75, 3.05) is 13.1 Å². The largest absolute Gasteiger partial charge is 0.316 e. The third-order valence-electron chi connectivity index (χ3n) is 3.27. The number of rotatable bonds is 2. The molecule has 1 aromatic carbocycles.